The number of hydrogen-bond acceptors (Lipinski definition) is 2. The maximum Gasteiger partial charge on any atom is 0.0499 e. The Labute approximate surface area is 106 Å². The molecule has 1 aromatic rings. The van der Waals surface area contributed by atoms with Gasteiger partial charge in [0.05, 0.1) is 0 Å². The van der Waals surface area contributed by atoms with Crippen LogP contribution in [0.4, 0.5) is 0 Å². The molecule has 2 unspecified atom stereocenters. The third-order valence-corrected chi connectivity index (χ3v) is 4.35. The highest BCUT2D eigenvalue weighted by molar-refractivity contribution is 9.10. The van der Waals surface area contributed by atoms with Crippen molar-refractivity contribution in [3.8, 4) is 0 Å². The monoisotopic (exact) mass is 282 g/mol. The van der Waals surface area contributed by atoms with Gasteiger partial charge in [0.1, 0.15) is 0 Å². The molecular weight excluding hydrogens is 264 g/mol. The van der Waals surface area contributed by atoms with E-state index in [4.69, 9.17) is 5.73 Å². The van der Waals surface area contributed by atoms with Crippen molar-refractivity contribution in [2.45, 2.75) is 32.4 Å². The van der Waals surface area contributed by atoms with Crippen LogP contribution in [0.2, 0.25) is 0 Å². The molecule has 1 saturated heterocycles. The number of halogens is 1. The molecule has 2 nitrogen and oxygen atoms in total. The molecule has 2 N–H and O–H groups in total. The molecule has 1 aromatic carbocycles. The number of likely N-dealkylation sites (tertiary alicyclic amines) is 1. The smallest absolute Gasteiger partial charge is 0.0499 e. The number of aryl methyl sites for hydroxylation is 1. The summed E-state index contributed by atoms with van der Waals surface area (Å²) >= 11 is 3.60. The lowest BCUT2D eigenvalue weighted by Gasteiger charge is -2.26. The van der Waals surface area contributed by atoms with E-state index in [-0.39, 0.29) is 6.04 Å². The zero-order valence-corrected chi connectivity index (χ0v) is 11.5. The highest BCUT2D eigenvalue weighted by Crippen LogP contribution is 2.32. The van der Waals surface area contributed by atoms with Gasteiger partial charge in [-0.25, -0.2) is 0 Å². The minimum atomic E-state index is 0.273. The fourth-order valence-corrected chi connectivity index (χ4v) is 2.89. The molecule has 0 bridgehead atoms. The summed E-state index contributed by atoms with van der Waals surface area (Å²) in [5, 5.41) is 0. The van der Waals surface area contributed by atoms with Gasteiger partial charge < -0.3 is 5.73 Å². The Morgan fingerprint density at radius 2 is 2.25 bits per heavy atom. The van der Waals surface area contributed by atoms with Crippen LogP contribution in [0, 0.1) is 6.92 Å². The molecule has 2 atom stereocenters. The van der Waals surface area contributed by atoms with E-state index in [1.54, 1.807) is 0 Å². The fraction of sp³-hybridized carbons (Fsp3) is 0.538. The molecular formula is C13H19BrN2. The molecule has 1 aliphatic heterocycles. The van der Waals surface area contributed by atoms with Crippen molar-refractivity contribution in [1.29, 1.82) is 0 Å². The zero-order valence-electron chi connectivity index (χ0n) is 9.91. The number of rotatable bonds is 2. The van der Waals surface area contributed by atoms with Crippen LogP contribution >= 0.6 is 15.9 Å². The Morgan fingerprint density at radius 1 is 1.50 bits per heavy atom. The Hall–Kier alpha value is -0.380. The molecule has 0 spiro atoms. The van der Waals surface area contributed by atoms with E-state index in [1.807, 2.05) is 0 Å². The first kappa shape index (κ1) is 12.1. The Morgan fingerprint density at radius 3 is 2.88 bits per heavy atom. The van der Waals surface area contributed by atoms with Crippen LogP contribution in [0.15, 0.2) is 22.7 Å². The third kappa shape index (κ3) is 2.17. The van der Waals surface area contributed by atoms with Crippen molar-refractivity contribution in [3.05, 3.63) is 33.8 Å². The maximum atomic E-state index is 6.21. The SMILES string of the molecule is CCN1CCC(N)C1c1ccc(C)c(Br)c1. The summed E-state index contributed by atoms with van der Waals surface area (Å²) in [6.45, 7) is 6.51. The van der Waals surface area contributed by atoms with Crippen molar-refractivity contribution >= 4 is 15.9 Å². The molecule has 0 saturated carbocycles. The molecule has 0 radical (unpaired) electrons. The lowest BCUT2D eigenvalue weighted by molar-refractivity contribution is 0.261. The van der Waals surface area contributed by atoms with E-state index in [0.717, 1.165) is 19.5 Å². The Bertz CT molecular complexity index is 378. The van der Waals surface area contributed by atoms with Gasteiger partial charge in [-0.3, -0.25) is 4.90 Å². The molecule has 3 heteroatoms. The van der Waals surface area contributed by atoms with Crippen molar-refractivity contribution in [1.82, 2.24) is 4.90 Å². The summed E-state index contributed by atoms with van der Waals surface area (Å²) < 4.78 is 1.18. The van der Waals surface area contributed by atoms with Crippen molar-refractivity contribution in [2.75, 3.05) is 13.1 Å². The summed E-state index contributed by atoms with van der Waals surface area (Å²) in [6, 6.07) is 7.25. The Balaban J connectivity index is 2.31. The van der Waals surface area contributed by atoms with Gasteiger partial charge in [-0.15, -0.1) is 0 Å². The molecule has 2 rings (SSSR count). The zero-order chi connectivity index (χ0) is 11.7. The van der Waals surface area contributed by atoms with Crippen LogP contribution in [-0.4, -0.2) is 24.0 Å². The van der Waals surface area contributed by atoms with Crippen LogP contribution in [0.5, 0.6) is 0 Å². The van der Waals surface area contributed by atoms with Crippen molar-refractivity contribution in [3.63, 3.8) is 0 Å². The first-order chi connectivity index (χ1) is 7.63. The summed E-state index contributed by atoms with van der Waals surface area (Å²) in [5.41, 5.74) is 8.82. The molecule has 88 valence electrons. The first-order valence-corrected chi connectivity index (χ1v) is 6.68. The van der Waals surface area contributed by atoms with Crippen molar-refractivity contribution < 1.29 is 0 Å². The van der Waals surface area contributed by atoms with Crippen LogP contribution in [0.1, 0.15) is 30.5 Å². The number of likely N-dealkylation sites (N-methyl/N-ethyl adjacent to an activating group) is 1. The van der Waals surface area contributed by atoms with Gasteiger partial charge in [0.25, 0.3) is 0 Å². The average molecular weight is 283 g/mol. The predicted octanol–water partition coefficient (Wildman–Crippen LogP) is 2.85. The van der Waals surface area contributed by atoms with E-state index >= 15 is 0 Å². The predicted molar refractivity (Wildman–Crippen MR) is 71.5 cm³/mol. The first-order valence-electron chi connectivity index (χ1n) is 5.89. The van der Waals surface area contributed by atoms with E-state index in [1.165, 1.54) is 15.6 Å². The topological polar surface area (TPSA) is 29.3 Å². The lowest BCUT2D eigenvalue weighted by Crippen LogP contribution is -2.31. The molecule has 0 aromatic heterocycles. The largest absolute Gasteiger partial charge is 0.326 e. The van der Waals surface area contributed by atoms with Crippen LogP contribution < -0.4 is 5.73 Å². The summed E-state index contributed by atoms with van der Waals surface area (Å²) in [6.07, 6.45) is 1.10. The summed E-state index contributed by atoms with van der Waals surface area (Å²) in [5.74, 6) is 0. The summed E-state index contributed by atoms with van der Waals surface area (Å²) in [4.78, 5) is 2.46. The van der Waals surface area contributed by atoms with Gasteiger partial charge in [-0.05, 0) is 37.1 Å². The lowest BCUT2D eigenvalue weighted by atomic mass is 10.00. The third-order valence-electron chi connectivity index (χ3n) is 3.49. The second kappa shape index (κ2) is 4.86. The van der Waals surface area contributed by atoms with Crippen LogP contribution in [0.25, 0.3) is 0 Å². The van der Waals surface area contributed by atoms with Gasteiger partial charge in [0.2, 0.25) is 0 Å². The van der Waals surface area contributed by atoms with Gasteiger partial charge >= 0.3 is 0 Å². The van der Waals surface area contributed by atoms with Crippen molar-refractivity contribution in [2.24, 2.45) is 5.73 Å². The number of benzene rings is 1. The van der Waals surface area contributed by atoms with E-state index in [2.05, 4.69) is 52.9 Å². The summed E-state index contributed by atoms with van der Waals surface area (Å²) in [7, 11) is 0. The molecule has 1 fully saturated rings. The fourth-order valence-electron chi connectivity index (χ4n) is 2.49. The highest BCUT2D eigenvalue weighted by Gasteiger charge is 2.31. The normalized spacial score (nSPS) is 26.2. The van der Waals surface area contributed by atoms with E-state index in [0.29, 0.717) is 6.04 Å². The standard InChI is InChI=1S/C13H19BrN2/c1-3-16-7-6-12(15)13(16)10-5-4-9(2)11(14)8-10/h4-5,8,12-13H,3,6-7,15H2,1-2H3. The Kier molecular flexibility index (Phi) is 3.67. The van der Waals surface area contributed by atoms with Gasteiger partial charge in [0, 0.05) is 23.1 Å². The molecule has 0 aliphatic carbocycles. The number of hydrogen-bond donors (Lipinski definition) is 1. The number of nitrogens with zero attached hydrogens (tertiary/aromatic N) is 1. The van der Waals surface area contributed by atoms with E-state index < -0.39 is 0 Å². The molecule has 0 amide bonds. The molecule has 16 heavy (non-hydrogen) atoms. The second-order valence-corrected chi connectivity index (χ2v) is 5.39. The van der Waals surface area contributed by atoms with Crippen LogP contribution in [-0.2, 0) is 0 Å². The minimum Gasteiger partial charge on any atom is -0.326 e. The average Bonchev–Trinajstić information content (AvgIpc) is 2.64. The quantitative estimate of drug-likeness (QED) is 0.904. The molecule has 1 aliphatic rings. The number of nitrogens with two attached hydrogens (primary N) is 1. The van der Waals surface area contributed by atoms with Gasteiger partial charge in [0.15, 0.2) is 0 Å². The second-order valence-electron chi connectivity index (χ2n) is 4.53. The van der Waals surface area contributed by atoms with Crippen LogP contribution in [0.3, 0.4) is 0 Å². The van der Waals surface area contributed by atoms with E-state index in [9.17, 15) is 0 Å². The van der Waals surface area contributed by atoms with Gasteiger partial charge in [-0.2, -0.15) is 0 Å². The molecule has 1 heterocycles. The highest BCUT2D eigenvalue weighted by atomic mass is 79.9. The van der Waals surface area contributed by atoms with Gasteiger partial charge in [-0.1, -0.05) is 35.0 Å². The minimum absolute atomic E-state index is 0.273. The maximum absolute atomic E-state index is 6.21.